The third-order valence-corrected chi connectivity index (χ3v) is 5.57. The summed E-state index contributed by atoms with van der Waals surface area (Å²) in [4.78, 5) is 15.1. The van der Waals surface area contributed by atoms with Gasteiger partial charge in [-0.2, -0.15) is 20.1 Å². The van der Waals surface area contributed by atoms with E-state index in [1.807, 2.05) is 74.8 Å². The highest BCUT2D eigenvalue weighted by atomic mass is 35.5. The van der Waals surface area contributed by atoms with E-state index in [1.165, 1.54) is 0 Å². The average molecular weight is 522 g/mol. The monoisotopic (exact) mass is 521 g/mol. The molecule has 10 heteroatoms. The van der Waals surface area contributed by atoms with E-state index in [2.05, 4.69) is 30.8 Å². The first-order chi connectivity index (χ1) is 17.5. The SMILES string of the molecule is CN(C)c1nc(NCc2ccccc2)nc(N/N=C\c2ccc(OCc3ccc(Cl)cc3Cl)cc2)n1. The maximum atomic E-state index is 6.20. The molecule has 0 saturated carbocycles. The maximum absolute atomic E-state index is 6.20. The molecule has 0 aliphatic heterocycles. The Morgan fingerprint density at radius 2 is 1.67 bits per heavy atom. The maximum Gasteiger partial charge on any atom is 0.250 e. The Balaban J connectivity index is 1.35. The van der Waals surface area contributed by atoms with E-state index in [1.54, 1.807) is 23.2 Å². The number of rotatable bonds is 10. The van der Waals surface area contributed by atoms with Crippen LogP contribution >= 0.6 is 23.2 Å². The minimum atomic E-state index is 0.334. The molecule has 184 valence electrons. The zero-order valence-corrected chi connectivity index (χ0v) is 21.3. The van der Waals surface area contributed by atoms with E-state index in [-0.39, 0.29) is 0 Å². The van der Waals surface area contributed by atoms with Crippen LogP contribution in [0, 0.1) is 0 Å². The van der Waals surface area contributed by atoms with Gasteiger partial charge in [0.15, 0.2) is 0 Å². The first-order valence-corrected chi connectivity index (χ1v) is 11.9. The molecular weight excluding hydrogens is 497 g/mol. The molecule has 0 atom stereocenters. The van der Waals surface area contributed by atoms with Gasteiger partial charge in [-0.15, -0.1) is 0 Å². The molecule has 0 spiro atoms. The van der Waals surface area contributed by atoms with Crippen LogP contribution in [0.2, 0.25) is 10.0 Å². The molecule has 0 aliphatic carbocycles. The fourth-order valence-corrected chi connectivity index (χ4v) is 3.55. The van der Waals surface area contributed by atoms with Crippen molar-refractivity contribution in [3.05, 3.63) is 99.5 Å². The van der Waals surface area contributed by atoms with E-state index in [0.29, 0.717) is 46.8 Å². The average Bonchev–Trinajstić information content (AvgIpc) is 2.88. The molecule has 0 radical (unpaired) electrons. The summed E-state index contributed by atoms with van der Waals surface area (Å²) in [5, 5.41) is 8.67. The highest BCUT2D eigenvalue weighted by molar-refractivity contribution is 6.35. The van der Waals surface area contributed by atoms with Gasteiger partial charge in [0.25, 0.3) is 0 Å². The van der Waals surface area contributed by atoms with Crippen molar-refractivity contribution in [3.8, 4) is 5.75 Å². The topological polar surface area (TPSA) is 87.6 Å². The standard InChI is InChI=1S/C26H25Cl2N7O/c1-35(2)26-32-24(29-15-18-6-4-3-5-7-18)31-25(33-26)34-30-16-19-8-12-22(13-9-19)36-17-20-10-11-21(27)14-23(20)28/h3-14,16H,15,17H2,1-2H3,(H2,29,31,32,33,34)/b30-16-. The van der Waals surface area contributed by atoms with Crippen molar-refractivity contribution in [1.82, 2.24) is 15.0 Å². The Labute approximate surface area is 220 Å². The normalized spacial score (nSPS) is 10.9. The Hall–Kier alpha value is -3.88. The molecule has 3 aromatic carbocycles. The van der Waals surface area contributed by atoms with Crippen molar-refractivity contribution >= 4 is 47.3 Å². The number of hydrogen-bond acceptors (Lipinski definition) is 8. The van der Waals surface area contributed by atoms with Gasteiger partial charge in [-0.25, -0.2) is 5.43 Å². The Bertz CT molecular complexity index is 1320. The van der Waals surface area contributed by atoms with Gasteiger partial charge in [-0.05, 0) is 47.5 Å². The number of halogens is 2. The molecule has 0 fully saturated rings. The number of nitrogens with zero attached hydrogens (tertiary/aromatic N) is 5. The zero-order chi connectivity index (χ0) is 25.3. The Kier molecular flexibility index (Phi) is 8.54. The summed E-state index contributed by atoms with van der Waals surface area (Å²) < 4.78 is 5.82. The molecule has 4 aromatic rings. The van der Waals surface area contributed by atoms with Crippen molar-refractivity contribution < 1.29 is 4.74 Å². The Morgan fingerprint density at radius 1 is 0.917 bits per heavy atom. The van der Waals surface area contributed by atoms with Crippen molar-refractivity contribution in [2.45, 2.75) is 13.2 Å². The van der Waals surface area contributed by atoms with Gasteiger partial charge < -0.3 is 15.0 Å². The summed E-state index contributed by atoms with van der Waals surface area (Å²) in [7, 11) is 3.74. The third kappa shape index (κ3) is 7.31. The number of anilines is 3. The van der Waals surface area contributed by atoms with E-state index in [9.17, 15) is 0 Å². The lowest BCUT2D eigenvalue weighted by atomic mass is 10.2. The number of ether oxygens (including phenoxy) is 1. The molecule has 0 aliphatic rings. The van der Waals surface area contributed by atoms with E-state index in [4.69, 9.17) is 27.9 Å². The molecule has 2 N–H and O–H groups in total. The number of benzene rings is 3. The molecule has 0 amide bonds. The van der Waals surface area contributed by atoms with Gasteiger partial charge in [0.2, 0.25) is 17.8 Å². The van der Waals surface area contributed by atoms with Crippen molar-refractivity contribution in [2.75, 3.05) is 29.7 Å². The molecule has 0 unspecified atom stereocenters. The van der Waals surface area contributed by atoms with E-state index in [0.717, 1.165) is 16.7 Å². The molecular formula is C26H25Cl2N7O. The third-order valence-electron chi connectivity index (χ3n) is 4.98. The van der Waals surface area contributed by atoms with Crippen LogP contribution in [0.5, 0.6) is 5.75 Å². The van der Waals surface area contributed by atoms with Crippen LogP contribution in [-0.2, 0) is 13.2 Å². The predicted octanol–water partition coefficient (Wildman–Crippen LogP) is 5.88. The van der Waals surface area contributed by atoms with Gasteiger partial charge in [-0.1, -0.05) is 59.6 Å². The second kappa shape index (κ2) is 12.2. The smallest absolute Gasteiger partial charge is 0.250 e. The van der Waals surface area contributed by atoms with Gasteiger partial charge in [0.05, 0.1) is 6.21 Å². The zero-order valence-electron chi connectivity index (χ0n) is 19.8. The van der Waals surface area contributed by atoms with Crippen LogP contribution < -0.4 is 20.4 Å². The summed E-state index contributed by atoms with van der Waals surface area (Å²) in [6.07, 6.45) is 1.68. The lowest BCUT2D eigenvalue weighted by molar-refractivity contribution is 0.306. The summed E-state index contributed by atoms with van der Waals surface area (Å²) in [5.74, 6) is 2.02. The minimum Gasteiger partial charge on any atom is -0.489 e. The lowest BCUT2D eigenvalue weighted by Gasteiger charge is -2.13. The van der Waals surface area contributed by atoms with Crippen LogP contribution in [0.15, 0.2) is 77.9 Å². The lowest BCUT2D eigenvalue weighted by Crippen LogP contribution is -2.16. The van der Waals surface area contributed by atoms with E-state index < -0.39 is 0 Å². The fraction of sp³-hybridized carbons (Fsp3) is 0.154. The van der Waals surface area contributed by atoms with Crippen molar-refractivity contribution in [2.24, 2.45) is 5.10 Å². The van der Waals surface area contributed by atoms with Crippen molar-refractivity contribution in [3.63, 3.8) is 0 Å². The van der Waals surface area contributed by atoms with Crippen LogP contribution in [0.4, 0.5) is 17.8 Å². The first-order valence-electron chi connectivity index (χ1n) is 11.1. The molecule has 36 heavy (non-hydrogen) atoms. The molecule has 0 saturated heterocycles. The molecule has 1 heterocycles. The predicted molar refractivity (Wildman–Crippen MR) is 146 cm³/mol. The minimum absolute atomic E-state index is 0.334. The van der Waals surface area contributed by atoms with Gasteiger partial charge in [-0.3, -0.25) is 0 Å². The highest BCUT2D eigenvalue weighted by Crippen LogP contribution is 2.23. The largest absolute Gasteiger partial charge is 0.489 e. The molecule has 1 aromatic heterocycles. The number of aromatic nitrogens is 3. The highest BCUT2D eigenvalue weighted by Gasteiger charge is 2.08. The second-order valence-corrected chi connectivity index (χ2v) is 8.82. The van der Waals surface area contributed by atoms with Gasteiger partial charge in [0.1, 0.15) is 12.4 Å². The molecule has 8 nitrogen and oxygen atoms in total. The van der Waals surface area contributed by atoms with Crippen molar-refractivity contribution in [1.29, 1.82) is 0 Å². The van der Waals surface area contributed by atoms with Crippen LogP contribution in [0.1, 0.15) is 16.7 Å². The summed E-state index contributed by atoms with van der Waals surface area (Å²) in [6.45, 7) is 0.943. The number of hydrazone groups is 1. The fourth-order valence-electron chi connectivity index (χ4n) is 3.09. The Morgan fingerprint density at radius 3 is 2.39 bits per heavy atom. The van der Waals surface area contributed by atoms with E-state index >= 15 is 0 Å². The number of nitrogens with one attached hydrogen (secondary N) is 2. The quantitative estimate of drug-likeness (QED) is 0.199. The molecule has 4 rings (SSSR count). The summed E-state index contributed by atoms with van der Waals surface area (Å²) in [5.41, 5.74) is 5.75. The van der Waals surface area contributed by atoms with Crippen LogP contribution in [0.3, 0.4) is 0 Å². The summed E-state index contributed by atoms with van der Waals surface area (Å²) in [6, 6.07) is 22.9. The number of hydrogen-bond donors (Lipinski definition) is 2. The molecule has 0 bridgehead atoms. The van der Waals surface area contributed by atoms with Gasteiger partial charge in [0, 0.05) is 36.2 Å². The van der Waals surface area contributed by atoms with Crippen LogP contribution in [0.25, 0.3) is 0 Å². The first kappa shape index (κ1) is 25.2. The van der Waals surface area contributed by atoms with Crippen LogP contribution in [-0.4, -0.2) is 35.3 Å². The summed E-state index contributed by atoms with van der Waals surface area (Å²) >= 11 is 12.1. The second-order valence-electron chi connectivity index (χ2n) is 7.98. The van der Waals surface area contributed by atoms with Gasteiger partial charge >= 0.3 is 0 Å².